The van der Waals surface area contributed by atoms with Gasteiger partial charge in [0, 0.05) is 32.7 Å². The molecule has 4 heteroatoms. The Labute approximate surface area is 128 Å². The van der Waals surface area contributed by atoms with Crippen LogP contribution >= 0.6 is 0 Å². The van der Waals surface area contributed by atoms with Crippen molar-refractivity contribution in [3.05, 3.63) is 35.4 Å². The zero-order chi connectivity index (χ0) is 14.9. The van der Waals surface area contributed by atoms with E-state index in [0.29, 0.717) is 12.5 Å². The van der Waals surface area contributed by atoms with Crippen LogP contribution in [0, 0.1) is 0 Å². The van der Waals surface area contributed by atoms with Gasteiger partial charge in [-0.1, -0.05) is 24.3 Å². The van der Waals surface area contributed by atoms with Crippen molar-refractivity contribution in [2.24, 2.45) is 4.99 Å². The van der Waals surface area contributed by atoms with Crippen molar-refractivity contribution < 1.29 is 4.74 Å². The number of fused-ring (bicyclic) bond motifs is 1. The van der Waals surface area contributed by atoms with E-state index < -0.39 is 0 Å². The molecule has 2 N–H and O–H groups in total. The van der Waals surface area contributed by atoms with Crippen molar-refractivity contribution in [3.63, 3.8) is 0 Å². The summed E-state index contributed by atoms with van der Waals surface area (Å²) in [7, 11) is 1.81. The molecule has 0 bridgehead atoms. The molecule has 1 unspecified atom stereocenters. The van der Waals surface area contributed by atoms with E-state index in [-0.39, 0.29) is 0 Å². The highest BCUT2D eigenvalue weighted by Crippen LogP contribution is 2.30. The van der Waals surface area contributed by atoms with Crippen LogP contribution in [-0.4, -0.2) is 39.3 Å². The molecule has 1 aromatic carbocycles. The summed E-state index contributed by atoms with van der Waals surface area (Å²) >= 11 is 0. The number of benzene rings is 1. The fourth-order valence-corrected chi connectivity index (χ4v) is 2.89. The first-order valence-corrected chi connectivity index (χ1v) is 7.95. The van der Waals surface area contributed by atoms with Crippen LogP contribution in [0.25, 0.3) is 0 Å². The Morgan fingerprint density at radius 2 is 2.19 bits per heavy atom. The van der Waals surface area contributed by atoms with Crippen LogP contribution in [0.15, 0.2) is 29.3 Å². The minimum Gasteiger partial charge on any atom is -0.380 e. The second-order valence-corrected chi connectivity index (χ2v) is 5.36. The maximum Gasteiger partial charge on any atom is 0.191 e. The molecule has 1 aromatic rings. The highest BCUT2D eigenvalue weighted by molar-refractivity contribution is 5.79. The Kier molecular flexibility index (Phi) is 6.54. The monoisotopic (exact) mass is 289 g/mol. The van der Waals surface area contributed by atoms with Gasteiger partial charge in [0.1, 0.15) is 0 Å². The lowest BCUT2D eigenvalue weighted by molar-refractivity contribution is 0.152. The smallest absolute Gasteiger partial charge is 0.191 e. The third kappa shape index (κ3) is 4.74. The summed E-state index contributed by atoms with van der Waals surface area (Å²) in [5.41, 5.74) is 3.01. The number of aliphatic imine (C=N–C) groups is 1. The zero-order valence-corrected chi connectivity index (χ0v) is 13.2. The average Bonchev–Trinajstić information content (AvgIpc) is 2.54. The summed E-state index contributed by atoms with van der Waals surface area (Å²) in [5.74, 6) is 1.44. The summed E-state index contributed by atoms with van der Waals surface area (Å²) in [4.78, 5) is 4.26. The fourth-order valence-electron chi connectivity index (χ4n) is 2.89. The lowest BCUT2D eigenvalue weighted by atomic mass is 9.83. The maximum absolute atomic E-state index is 5.32. The zero-order valence-electron chi connectivity index (χ0n) is 13.2. The summed E-state index contributed by atoms with van der Waals surface area (Å²) in [5, 5.41) is 6.72. The van der Waals surface area contributed by atoms with Gasteiger partial charge in [0.25, 0.3) is 0 Å². The SMILES string of the molecule is CCOCCNC(=NC)NCC1CCCc2ccccc21. The van der Waals surface area contributed by atoms with Crippen LogP contribution in [-0.2, 0) is 11.2 Å². The Bertz CT molecular complexity index is 459. The first kappa shape index (κ1) is 15.8. The first-order valence-electron chi connectivity index (χ1n) is 7.95. The highest BCUT2D eigenvalue weighted by Gasteiger charge is 2.19. The summed E-state index contributed by atoms with van der Waals surface area (Å²) in [6, 6.07) is 8.82. The van der Waals surface area contributed by atoms with Crippen molar-refractivity contribution in [1.29, 1.82) is 0 Å². The van der Waals surface area contributed by atoms with Crippen molar-refractivity contribution in [2.75, 3.05) is 33.4 Å². The fraction of sp³-hybridized carbons (Fsp3) is 0.588. The summed E-state index contributed by atoms with van der Waals surface area (Å²) in [6.45, 7) is 5.20. The van der Waals surface area contributed by atoms with Gasteiger partial charge in [0.15, 0.2) is 5.96 Å². The van der Waals surface area contributed by atoms with E-state index in [9.17, 15) is 0 Å². The molecule has 116 valence electrons. The van der Waals surface area contributed by atoms with E-state index in [0.717, 1.165) is 25.7 Å². The molecule has 0 aliphatic heterocycles. The number of nitrogens with one attached hydrogen (secondary N) is 2. The Morgan fingerprint density at radius 3 is 3.00 bits per heavy atom. The molecule has 0 amide bonds. The second-order valence-electron chi connectivity index (χ2n) is 5.36. The minimum atomic E-state index is 0.584. The van der Waals surface area contributed by atoms with Gasteiger partial charge in [-0.05, 0) is 37.3 Å². The third-order valence-corrected chi connectivity index (χ3v) is 3.98. The molecule has 0 spiro atoms. The average molecular weight is 289 g/mol. The van der Waals surface area contributed by atoms with Crippen LogP contribution in [0.5, 0.6) is 0 Å². The number of nitrogens with zero attached hydrogens (tertiary/aromatic N) is 1. The standard InChI is InChI=1S/C17H27N3O/c1-3-21-12-11-19-17(18-2)20-13-15-9-6-8-14-7-4-5-10-16(14)15/h4-5,7,10,15H,3,6,8-9,11-13H2,1-2H3,(H2,18,19,20). The molecule has 1 aliphatic rings. The van der Waals surface area contributed by atoms with Gasteiger partial charge in [-0.2, -0.15) is 0 Å². The van der Waals surface area contributed by atoms with Gasteiger partial charge in [-0.3, -0.25) is 4.99 Å². The third-order valence-electron chi connectivity index (χ3n) is 3.98. The molecule has 2 rings (SSSR count). The molecular formula is C17H27N3O. The van der Waals surface area contributed by atoms with E-state index in [1.165, 1.54) is 30.4 Å². The molecular weight excluding hydrogens is 262 g/mol. The number of rotatable bonds is 6. The predicted octanol–water partition coefficient (Wildman–Crippen LogP) is 2.31. The van der Waals surface area contributed by atoms with Crippen LogP contribution in [0.2, 0.25) is 0 Å². The normalized spacial score (nSPS) is 18.2. The van der Waals surface area contributed by atoms with Crippen LogP contribution < -0.4 is 10.6 Å². The lowest BCUT2D eigenvalue weighted by Gasteiger charge is -2.26. The quantitative estimate of drug-likeness (QED) is 0.480. The number of aryl methyl sites for hydroxylation is 1. The van der Waals surface area contributed by atoms with Gasteiger partial charge in [-0.15, -0.1) is 0 Å². The number of hydrogen-bond donors (Lipinski definition) is 2. The van der Waals surface area contributed by atoms with E-state index in [2.05, 4.69) is 39.9 Å². The van der Waals surface area contributed by atoms with Crippen LogP contribution in [0.4, 0.5) is 0 Å². The van der Waals surface area contributed by atoms with Gasteiger partial charge in [-0.25, -0.2) is 0 Å². The molecule has 1 aliphatic carbocycles. The Hall–Kier alpha value is -1.55. The van der Waals surface area contributed by atoms with E-state index >= 15 is 0 Å². The van der Waals surface area contributed by atoms with Crippen LogP contribution in [0.1, 0.15) is 36.8 Å². The summed E-state index contributed by atoms with van der Waals surface area (Å²) in [6.07, 6.45) is 3.74. The van der Waals surface area contributed by atoms with E-state index in [4.69, 9.17) is 4.74 Å². The molecule has 0 radical (unpaired) electrons. The van der Waals surface area contributed by atoms with Gasteiger partial charge in [0.2, 0.25) is 0 Å². The largest absolute Gasteiger partial charge is 0.380 e. The number of guanidine groups is 1. The Balaban J connectivity index is 1.82. The van der Waals surface area contributed by atoms with Crippen molar-refractivity contribution >= 4 is 5.96 Å². The van der Waals surface area contributed by atoms with Gasteiger partial charge < -0.3 is 15.4 Å². The molecule has 0 aromatic heterocycles. The van der Waals surface area contributed by atoms with E-state index in [1.807, 2.05) is 14.0 Å². The van der Waals surface area contributed by atoms with E-state index in [1.54, 1.807) is 0 Å². The maximum atomic E-state index is 5.32. The first-order chi connectivity index (χ1) is 10.3. The van der Waals surface area contributed by atoms with Crippen molar-refractivity contribution in [1.82, 2.24) is 10.6 Å². The number of ether oxygens (including phenoxy) is 1. The Morgan fingerprint density at radius 1 is 1.33 bits per heavy atom. The topological polar surface area (TPSA) is 45.6 Å². The summed E-state index contributed by atoms with van der Waals surface area (Å²) < 4.78 is 5.32. The van der Waals surface area contributed by atoms with Crippen molar-refractivity contribution in [2.45, 2.75) is 32.1 Å². The molecule has 0 saturated carbocycles. The van der Waals surface area contributed by atoms with Gasteiger partial charge >= 0.3 is 0 Å². The molecule has 0 saturated heterocycles. The minimum absolute atomic E-state index is 0.584. The molecule has 0 fully saturated rings. The van der Waals surface area contributed by atoms with Gasteiger partial charge in [0.05, 0.1) is 6.61 Å². The molecule has 4 nitrogen and oxygen atoms in total. The predicted molar refractivity (Wildman–Crippen MR) is 88.0 cm³/mol. The van der Waals surface area contributed by atoms with Crippen LogP contribution in [0.3, 0.4) is 0 Å². The molecule has 21 heavy (non-hydrogen) atoms. The lowest BCUT2D eigenvalue weighted by Crippen LogP contribution is -2.41. The molecule has 1 atom stereocenters. The van der Waals surface area contributed by atoms with Crippen molar-refractivity contribution in [3.8, 4) is 0 Å². The molecule has 0 heterocycles. The second kappa shape index (κ2) is 8.67. The highest BCUT2D eigenvalue weighted by atomic mass is 16.5. The number of hydrogen-bond acceptors (Lipinski definition) is 2.